The van der Waals surface area contributed by atoms with Crippen LogP contribution >= 0.6 is 0 Å². The molecule has 0 spiro atoms. The molecule has 1 aromatic heterocycles. The van der Waals surface area contributed by atoms with Crippen LogP contribution in [0.3, 0.4) is 0 Å². The van der Waals surface area contributed by atoms with Gasteiger partial charge in [-0.1, -0.05) is 6.07 Å². The highest BCUT2D eigenvalue weighted by molar-refractivity contribution is 5.83. The molecule has 0 radical (unpaired) electrons. The van der Waals surface area contributed by atoms with Gasteiger partial charge in [-0.05, 0) is 39.3 Å². The smallest absolute Gasteiger partial charge is 0.335 e. The van der Waals surface area contributed by atoms with Crippen molar-refractivity contribution in [1.82, 2.24) is 9.88 Å². The summed E-state index contributed by atoms with van der Waals surface area (Å²) in [6, 6.07) is 2.86. The molecular weight excluding hydrogens is 272 g/mol. The zero-order valence-corrected chi connectivity index (χ0v) is 12.7. The van der Waals surface area contributed by atoms with Gasteiger partial charge < -0.3 is 14.7 Å². The molecule has 2 unspecified atom stereocenters. The highest BCUT2D eigenvalue weighted by Gasteiger charge is 2.46. The lowest BCUT2D eigenvalue weighted by molar-refractivity contribution is -0.180. The molecule has 0 saturated carbocycles. The number of hydrogen-bond acceptors (Lipinski definition) is 4. The lowest BCUT2D eigenvalue weighted by Gasteiger charge is -2.46. The predicted molar refractivity (Wildman–Crippen MR) is 75.7 cm³/mol. The molecule has 2 atom stereocenters. The lowest BCUT2D eigenvalue weighted by atomic mass is 9.95. The van der Waals surface area contributed by atoms with E-state index >= 15 is 0 Å². The van der Waals surface area contributed by atoms with Crippen molar-refractivity contribution in [1.29, 1.82) is 0 Å². The van der Waals surface area contributed by atoms with Crippen molar-refractivity contribution in [2.45, 2.75) is 45.4 Å². The summed E-state index contributed by atoms with van der Waals surface area (Å²) in [5, 5.41) is 9.40. The van der Waals surface area contributed by atoms with Crippen LogP contribution in [0.4, 0.5) is 0 Å². The molecule has 1 amide bonds. The Morgan fingerprint density at radius 3 is 2.57 bits per heavy atom. The number of aromatic nitrogens is 1. The average molecular weight is 292 g/mol. The maximum atomic E-state index is 12.2. The Balaban J connectivity index is 2.51. The normalized spacial score (nSPS) is 23.2. The first kappa shape index (κ1) is 15.4. The van der Waals surface area contributed by atoms with Crippen LogP contribution in [0.25, 0.3) is 0 Å². The largest absolute Gasteiger partial charge is 0.479 e. The maximum absolute atomic E-state index is 12.2. The van der Waals surface area contributed by atoms with Gasteiger partial charge in [0, 0.05) is 11.7 Å². The van der Waals surface area contributed by atoms with Gasteiger partial charge in [-0.2, -0.15) is 0 Å². The van der Waals surface area contributed by atoms with Crippen molar-refractivity contribution in [3.8, 4) is 0 Å². The van der Waals surface area contributed by atoms with E-state index in [0.29, 0.717) is 5.69 Å². The van der Waals surface area contributed by atoms with Crippen LogP contribution in [0.5, 0.6) is 0 Å². The number of rotatable bonds is 2. The second kappa shape index (κ2) is 5.44. The number of carboxylic acids is 1. The van der Waals surface area contributed by atoms with E-state index in [1.54, 1.807) is 17.2 Å². The Bertz CT molecular complexity index is 548. The molecule has 114 valence electrons. The van der Waals surface area contributed by atoms with E-state index in [9.17, 15) is 14.7 Å². The zero-order valence-electron chi connectivity index (χ0n) is 12.7. The molecule has 21 heavy (non-hydrogen) atoms. The molecule has 2 heterocycles. The minimum atomic E-state index is -1.11. The van der Waals surface area contributed by atoms with Gasteiger partial charge in [0.2, 0.25) is 5.91 Å². The standard InChI is InChI=1S/C15H20N2O4/c1-9-5-6-10(16-7-9)12-13(14(19)20)21-8-11(18)17(12)15(2,3)4/h5-7,12-13H,8H2,1-4H3,(H,19,20). The summed E-state index contributed by atoms with van der Waals surface area (Å²) in [4.78, 5) is 29.6. The van der Waals surface area contributed by atoms with Gasteiger partial charge in [-0.25, -0.2) is 4.79 Å². The third-order valence-corrected chi connectivity index (χ3v) is 3.42. The van der Waals surface area contributed by atoms with E-state index < -0.39 is 23.7 Å². The molecular formula is C15H20N2O4. The van der Waals surface area contributed by atoms with Gasteiger partial charge >= 0.3 is 5.97 Å². The number of carbonyl (C=O) groups excluding carboxylic acids is 1. The molecule has 1 aliphatic heterocycles. The fourth-order valence-corrected chi connectivity index (χ4v) is 2.55. The van der Waals surface area contributed by atoms with Crippen molar-refractivity contribution in [2.75, 3.05) is 6.61 Å². The molecule has 1 aromatic rings. The van der Waals surface area contributed by atoms with E-state index in [4.69, 9.17) is 4.74 Å². The Labute approximate surface area is 123 Å². The van der Waals surface area contributed by atoms with Gasteiger partial charge in [0.1, 0.15) is 12.6 Å². The van der Waals surface area contributed by atoms with E-state index in [1.165, 1.54) is 0 Å². The molecule has 1 fully saturated rings. The van der Waals surface area contributed by atoms with Gasteiger partial charge in [0.25, 0.3) is 0 Å². The fourth-order valence-electron chi connectivity index (χ4n) is 2.55. The van der Waals surface area contributed by atoms with Crippen molar-refractivity contribution >= 4 is 11.9 Å². The monoisotopic (exact) mass is 292 g/mol. The number of carboxylic acid groups (broad SMARTS) is 1. The third-order valence-electron chi connectivity index (χ3n) is 3.42. The van der Waals surface area contributed by atoms with Crippen molar-refractivity contribution in [2.24, 2.45) is 0 Å². The molecule has 1 N–H and O–H groups in total. The van der Waals surface area contributed by atoms with Crippen LogP contribution in [0.15, 0.2) is 18.3 Å². The first-order valence-corrected chi connectivity index (χ1v) is 6.81. The zero-order chi connectivity index (χ0) is 15.8. The van der Waals surface area contributed by atoms with Gasteiger partial charge in [0.15, 0.2) is 6.10 Å². The number of aryl methyl sites for hydroxylation is 1. The van der Waals surface area contributed by atoms with Crippen molar-refractivity contribution in [3.63, 3.8) is 0 Å². The fraction of sp³-hybridized carbons (Fsp3) is 0.533. The van der Waals surface area contributed by atoms with Crippen LogP contribution in [0.2, 0.25) is 0 Å². The number of nitrogens with zero attached hydrogens (tertiary/aromatic N) is 2. The number of morpholine rings is 1. The molecule has 2 rings (SSSR count). The molecule has 6 nitrogen and oxygen atoms in total. The van der Waals surface area contributed by atoms with Crippen molar-refractivity contribution in [3.05, 3.63) is 29.6 Å². The highest BCUT2D eigenvalue weighted by Crippen LogP contribution is 2.34. The Morgan fingerprint density at radius 2 is 2.10 bits per heavy atom. The Kier molecular flexibility index (Phi) is 4.00. The molecule has 6 heteroatoms. The first-order valence-electron chi connectivity index (χ1n) is 6.81. The average Bonchev–Trinajstić information content (AvgIpc) is 2.37. The van der Waals surface area contributed by atoms with Gasteiger partial charge in [-0.15, -0.1) is 0 Å². The number of ether oxygens (including phenoxy) is 1. The molecule has 1 aliphatic rings. The second-order valence-electron chi connectivity index (χ2n) is 6.21. The lowest BCUT2D eigenvalue weighted by Crippen LogP contribution is -2.58. The number of amides is 1. The number of hydrogen-bond donors (Lipinski definition) is 1. The summed E-state index contributed by atoms with van der Waals surface area (Å²) >= 11 is 0. The number of aliphatic carboxylic acids is 1. The summed E-state index contributed by atoms with van der Waals surface area (Å²) in [5.74, 6) is -1.32. The predicted octanol–water partition coefficient (Wildman–Crippen LogP) is 1.54. The van der Waals surface area contributed by atoms with Gasteiger partial charge in [0.05, 0.1) is 5.69 Å². The molecule has 0 bridgehead atoms. The number of carbonyl (C=O) groups is 2. The molecule has 0 aliphatic carbocycles. The van der Waals surface area contributed by atoms with Crippen LogP contribution in [-0.2, 0) is 14.3 Å². The van der Waals surface area contributed by atoms with Gasteiger partial charge in [-0.3, -0.25) is 9.78 Å². The summed E-state index contributed by atoms with van der Waals surface area (Å²) in [6.07, 6.45) is 0.547. The van der Waals surface area contributed by atoms with E-state index in [0.717, 1.165) is 5.56 Å². The van der Waals surface area contributed by atoms with E-state index in [1.807, 2.05) is 33.8 Å². The summed E-state index contributed by atoms with van der Waals surface area (Å²) < 4.78 is 5.24. The molecule has 1 saturated heterocycles. The van der Waals surface area contributed by atoms with E-state index in [-0.39, 0.29) is 12.5 Å². The van der Waals surface area contributed by atoms with Crippen LogP contribution < -0.4 is 0 Å². The quantitative estimate of drug-likeness (QED) is 0.894. The summed E-state index contributed by atoms with van der Waals surface area (Å²) in [7, 11) is 0. The highest BCUT2D eigenvalue weighted by atomic mass is 16.5. The minimum absolute atomic E-state index is 0.226. The second-order valence-corrected chi connectivity index (χ2v) is 6.21. The Hall–Kier alpha value is -1.95. The van der Waals surface area contributed by atoms with Crippen LogP contribution in [-0.4, -0.2) is 45.1 Å². The topological polar surface area (TPSA) is 79.7 Å². The van der Waals surface area contributed by atoms with E-state index in [2.05, 4.69) is 4.98 Å². The Morgan fingerprint density at radius 1 is 1.43 bits per heavy atom. The minimum Gasteiger partial charge on any atom is -0.479 e. The van der Waals surface area contributed by atoms with Crippen molar-refractivity contribution < 1.29 is 19.4 Å². The molecule has 0 aromatic carbocycles. The SMILES string of the molecule is Cc1ccc(C2C(C(=O)O)OCC(=O)N2C(C)(C)C)nc1. The number of pyridine rings is 1. The van der Waals surface area contributed by atoms with Crippen LogP contribution in [0.1, 0.15) is 38.1 Å². The maximum Gasteiger partial charge on any atom is 0.335 e. The first-order chi connectivity index (χ1) is 9.71. The summed E-state index contributed by atoms with van der Waals surface area (Å²) in [6.45, 7) is 7.29. The third kappa shape index (κ3) is 3.05. The summed E-state index contributed by atoms with van der Waals surface area (Å²) in [5.41, 5.74) is 0.971. The van der Waals surface area contributed by atoms with Crippen LogP contribution in [0, 0.1) is 6.92 Å².